The molecule has 4 amide bonds. The van der Waals surface area contributed by atoms with E-state index in [4.69, 9.17) is 4.74 Å². The van der Waals surface area contributed by atoms with Crippen LogP contribution in [-0.4, -0.2) is 96.0 Å². The number of carbonyl (C=O) groups is 4. The molecule has 0 bridgehead atoms. The predicted molar refractivity (Wildman–Crippen MR) is 142 cm³/mol. The highest BCUT2D eigenvalue weighted by atomic mass is 16.6. The first-order chi connectivity index (χ1) is 18.1. The van der Waals surface area contributed by atoms with E-state index in [1.54, 1.807) is 4.90 Å². The van der Waals surface area contributed by atoms with E-state index in [0.29, 0.717) is 24.4 Å². The Kier molecular flexibility index (Phi) is 7.35. The van der Waals surface area contributed by atoms with Crippen molar-refractivity contribution in [3.05, 3.63) is 29.3 Å². The highest BCUT2D eigenvalue weighted by Gasteiger charge is 2.39. The molecule has 38 heavy (non-hydrogen) atoms. The monoisotopic (exact) mass is 525 g/mol. The van der Waals surface area contributed by atoms with Crippen LogP contribution in [0.15, 0.2) is 18.2 Å². The van der Waals surface area contributed by atoms with Gasteiger partial charge in [-0.05, 0) is 69.7 Å². The van der Waals surface area contributed by atoms with Gasteiger partial charge >= 0.3 is 6.09 Å². The van der Waals surface area contributed by atoms with Gasteiger partial charge in [-0.3, -0.25) is 24.6 Å². The van der Waals surface area contributed by atoms with Gasteiger partial charge in [0.1, 0.15) is 11.6 Å². The quantitative estimate of drug-likeness (QED) is 0.602. The van der Waals surface area contributed by atoms with Gasteiger partial charge in [0.25, 0.3) is 5.91 Å². The van der Waals surface area contributed by atoms with Crippen molar-refractivity contribution in [2.45, 2.75) is 64.6 Å². The molecule has 3 saturated heterocycles. The predicted octanol–water partition coefficient (Wildman–Crippen LogP) is 2.22. The minimum absolute atomic E-state index is 0.136. The first-order valence-electron chi connectivity index (χ1n) is 13.8. The average molecular weight is 526 g/mol. The fraction of sp³-hybridized carbons (Fsp3) is 0.643. The molecule has 1 atom stereocenters. The number of amides is 4. The van der Waals surface area contributed by atoms with Crippen molar-refractivity contribution in [1.29, 1.82) is 0 Å². The Labute approximate surface area is 224 Å². The number of piperidine rings is 2. The van der Waals surface area contributed by atoms with E-state index in [-0.39, 0.29) is 30.2 Å². The summed E-state index contributed by atoms with van der Waals surface area (Å²) in [5.41, 5.74) is 2.23. The van der Waals surface area contributed by atoms with E-state index in [0.717, 1.165) is 69.9 Å². The second-order valence-electron chi connectivity index (χ2n) is 11.9. The highest BCUT2D eigenvalue weighted by molar-refractivity contribution is 6.05. The molecule has 206 valence electrons. The summed E-state index contributed by atoms with van der Waals surface area (Å²) in [6.45, 7) is 12.4. The maximum Gasteiger partial charge on any atom is 0.410 e. The molecule has 0 spiro atoms. The molecule has 0 saturated carbocycles. The molecule has 4 aliphatic heterocycles. The van der Waals surface area contributed by atoms with Gasteiger partial charge in [-0.25, -0.2) is 4.79 Å². The van der Waals surface area contributed by atoms with Crippen molar-refractivity contribution in [3.8, 4) is 0 Å². The largest absolute Gasteiger partial charge is 0.444 e. The summed E-state index contributed by atoms with van der Waals surface area (Å²) in [6.07, 6.45) is 2.43. The lowest BCUT2D eigenvalue weighted by Gasteiger charge is -2.39. The van der Waals surface area contributed by atoms with E-state index >= 15 is 0 Å². The van der Waals surface area contributed by atoms with E-state index in [1.165, 1.54) is 0 Å². The maximum absolute atomic E-state index is 13.0. The lowest BCUT2D eigenvalue weighted by atomic mass is 9.96. The first kappa shape index (κ1) is 26.5. The standard InChI is InChI=1S/C28H39N5O5/c1-28(2,3)38-27(37)32-10-8-19(9-11-32)17-30-12-14-31(15-13-30)21-4-5-22-20(16-21)18-33(26(22)36)23-6-7-24(34)29-25(23)35/h4-5,16,19,23H,6-15,17-18H2,1-3H3,(H,29,34,35)/t23-/m0/s1. The first-order valence-corrected chi connectivity index (χ1v) is 13.8. The molecule has 1 aromatic rings. The number of anilines is 1. The van der Waals surface area contributed by atoms with Crippen molar-refractivity contribution in [3.63, 3.8) is 0 Å². The minimum atomic E-state index is -0.587. The number of rotatable bonds is 4. The molecular weight excluding hydrogens is 486 g/mol. The average Bonchev–Trinajstić information content (AvgIpc) is 3.19. The molecule has 3 fully saturated rings. The van der Waals surface area contributed by atoms with Crippen LogP contribution in [0.3, 0.4) is 0 Å². The Hall–Kier alpha value is -3.14. The van der Waals surface area contributed by atoms with Gasteiger partial charge in [-0.1, -0.05) is 0 Å². The molecule has 1 aromatic carbocycles. The summed E-state index contributed by atoms with van der Waals surface area (Å²) in [5, 5.41) is 2.36. The number of piperazine rings is 1. The fourth-order valence-corrected chi connectivity index (χ4v) is 5.94. The number of fused-ring (bicyclic) bond motifs is 1. The molecule has 0 unspecified atom stereocenters. The molecule has 0 aromatic heterocycles. The number of hydrogen-bond acceptors (Lipinski definition) is 7. The third-order valence-electron chi connectivity index (χ3n) is 8.03. The van der Waals surface area contributed by atoms with Crippen molar-refractivity contribution in [2.75, 3.05) is 50.7 Å². The number of hydrogen-bond donors (Lipinski definition) is 1. The number of imide groups is 1. The lowest BCUT2D eigenvalue weighted by molar-refractivity contribution is -0.136. The number of nitrogens with one attached hydrogen (secondary N) is 1. The summed E-state index contributed by atoms with van der Waals surface area (Å²) in [6, 6.07) is 5.38. The van der Waals surface area contributed by atoms with Gasteiger partial charge in [-0.2, -0.15) is 0 Å². The van der Waals surface area contributed by atoms with E-state index in [9.17, 15) is 19.2 Å². The van der Waals surface area contributed by atoms with Crippen LogP contribution in [0.4, 0.5) is 10.5 Å². The van der Waals surface area contributed by atoms with Crippen LogP contribution < -0.4 is 10.2 Å². The normalized spacial score (nSPS) is 23.5. The van der Waals surface area contributed by atoms with Crippen LogP contribution in [0.2, 0.25) is 0 Å². The zero-order valence-corrected chi connectivity index (χ0v) is 22.7. The van der Waals surface area contributed by atoms with E-state index in [2.05, 4.69) is 21.2 Å². The molecule has 10 nitrogen and oxygen atoms in total. The minimum Gasteiger partial charge on any atom is -0.444 e. The van der Waals surface area contributed by atoms with Crippen molar-refractivity contribution in [2.24, 2.45) is 5.92 Å². The number of likely N-dealkylation sites (tertiary alicyclic amines) is 1. The number of benzene rings is 1. The smallest absolute Gasteiger partial charge is 0.410 e. The molecule has 5 rings (SSSR count). The van der Waals surface area contributed by atoms with Gasteiger partial charge in [0.2, 0.25) is 11.8 Å². The second kappa shape index (κ2) is 10.6. The number of nitrogens with zero attached hydrogens (tertiary/aromatic N) is 4. The Morgan fingerprint density at radius 2 is 1.71 bits per heavy atom. The van der Waals surface area contributed by atoms with E-state index < -0.39 is 11.6 Å². The molecule has 1 N–H and O–H groups in total. The van der Waals surface area contributed by atoms with Gasteiger partial charge in [0.15, 0.2) is 0 Å². The third kappa shape index (κ3) is 5.80. The Bertz CT molecular complexity index is 1100. The van der Waals surface area contributed by atoms with Gasteiger partial charge < -0.3 is 19.4 Å². The zero-order valence-electron chi connectivity index (χ0n) is 22.7. The Morgan fingerprint density at radius 3 is 2.37 bits per heavy atom. The van der Waals surface area contributed by atoms with Crippen LogP contribution in [0.25, 0.3) is 0 Å². The van der Waals surface area contributed by atoms with Gasteiger partial charge in [0.05, 0.1) is 0 Å². The number of carbonyl (C=O) groups excluding carboxylic acids is 4. The van der Waals surface area contributed by atoms with Crippen LogP contribution in [0.1, 0.15) is 62.4 Å². The van der Waals surface area contributed by atoms with Crippen LogP contribution in [0.5, 0.6) is 0 Å². The Balaban J connectivity index is 1.10. The second-order valence-corrected chi connectivity index (χ2v) is 11.9. The summed E-state index contributed by atoms with van der Waals surface area (Å²) in [4.78, 5) is 57.4. The summed E-state index contributed by atoms with van der Waals surface area (Å²) in [5.74, 6) is -0.203. The van der Waals surface area contributed by atoms with Crippen molar-refractivity contribution >= 4 is 29.5 Å². The molecule has 10 heteroatoms. The fourth-order valence-electron chi connectivity index (χ4n) is 5.94. The maximum atomic E-state index is 13.0. The van der Waals surface area contributed by atoms with Gasteiger partial charge in [-0.15, -0.1) is 0 Å². The summed E-state index contributed by atoms with van der Waals surface area (Å²) < 4.78 is 5.51. The van der Waals surface area contributed by atoms with Crippen LogP contribution in [-0.2, 0) is 20.9 Å². The van der Waals surface area contributed by atoms with Crippen molar-refractivity contribution < 1.29 is 23.9 Å². The van der Waals surface area contributed by atoms with Crippen molar-refractivity contribution in [1.82, 2.24) is 20.0 Å². The van der Waals surface area contributed by atoms with Crippen LogP contribution >= 0.6 is 0 Å². The molecule has 0 aliphatic carbocycles. The topological polar surface area (TPSA) is 102 Å². The van der Waals surface area contributed by atoms with E-state index in [1.807, 2.05) is 37.8 Å². The molecule has 0 radical (unpaired) electrons. The SMILES string of the molecule is CC(C)(C)OC(=O)N1CCC(CN2CCN(c3ccc4c(c3)CN([C@H]3CCC(=O)NC3=O)C4=O)CC2)CC1. The van der Waals surface area contributed by atoms with Crippen LogP contribution in [0, 0.1) is 5.92 Å². The zero-order chi connectivity index (χ0) is 27.0. The highest BCUT2D eigenvalue weighted by Crippen LogP contribution is 2.31. The molecule has 4 aliphatic rings. The van der Waals surface area contributed by atoms with Gasteiger partial charge in [0, 0.05) is 70.0 Å². The molecular formula is C28H39N5O5. The number of ether oxygens (including phenoxy) is 1. The molecule has 4 heterocycles. The summed E-state index contributed by atoms with van der Waals surface area (Å²) >= 11 is 0. The third-order valence-corrected chi connectivity index (χ3v) is 8.03. The summed E-state index contributed by atoms with van der Waals surface area (Å²) in [7, 11) is 0. The lowest BCUT2D eigenvalue weighted by Crippen LogP contribution is -2.52. The Morgan fingerprint density at radius 1 is 1.00 bits per heavy atom.